The van der Waals surface area contributed by atoms with Gasteiger partial charge in [0.2, 0.25) is 0 Å². The Morgan fingerprint density at radius 3 is 2.60 bits per heavy atom. The van der Waals surface area contributed by atoms with Crippen LogP contribution in [0.4, 0.5) is 0 Å². The molecule has 1 heterocycles. The predicted molar refractivity (Wildman–Crippen MR) is 62.9 cm³/mol. The molecule has 0 amide bonds. The molecule has 0 fully saturated rings. The summed E-state index contributed by atoms with van der Waals surface area (Å²) in [6.07, 6.45) is 0. The highest BCUT2D eigenvalue weighted by Gasteiger charge is 2.23. The fourth-order valence-electron chi connectivity index (χ4n) is 1.01. The zero-order valence-corrected chi connectivity index (χ0v) is 10.9. The fraction of sp³-hybridized carbons (Fsp3) is 0.500. The van der Waals surface area contributed by atoms with E-state index in [4.69, 9.17) is 17.3 Å². The van der Waals surface area contributed by atoms with Crippen molar-refractivity contribution in [2.24, 2.45) is 5.73 Å². The van der Waals surface area contributed by atoms with E-state index in [0.29, 0.717) is 17.4 Å². The number of thiophene rings is 1. The highest BCUT2D eigenvalue weighted by molar-refractivity contribution is 7.91. The average Bonchev–Trinajstić information content (AvgIpc) is 2.48. The monoisotopic (exact) mass is 268 g/mol. The minimum absolute atomic E-state index is 0.265. The van der Waals surface area contributed by atoms with Gasteiger partial charge in [0.25, 0.3) is 10.0 Å². The second-order valence-electron chi connectivity index (χ2n) is 3.14. The van der Waals surface area contributed by atoms with Crippen LogP contribution in [0.25, 0.3) is 0 Å². The lowest BCUT2D eigenvalue weighted by Crippen LogP contribution is -2.31. The van der Waals surface area contributed by atoms with Crippen LogP contribution in [0.2, 0.25) is 4.34 Å². The molecular formula is C8H13ClN2O2S2. The standard InChI is InChI=1S/C8H13ClN2O2S2/c1-6-5-7(14-8(6)9)15(12,13)11(2)4-3-10/h5H,3-4,10H2,1-2H3. The molecule has 0 atom stereocenters. The number of aryl methyl sites for hydroxylation is 1. The van der Waals surface area contributed by atoms with Gasteiger partial charge in [0.05, 0.1) is 4.34 Å². The van der Waals surface area contributed by atoms with Gasteiger partial charge in [-0.2, -0.15) is 4.31 Å². The van der Waals surface area contributed by atoms with Crippen LogP contribution >= 0.6 is 22.9 Å². The van der Waals surface area contributed by atoms with Crippen molar-refractivity contribution in [1.82, 2.24) is 4.31 Å². The maximum Gasteiger partial charge on any atom is 0.252 e. The molecule has 1 aromatic heterocycles. The smallest absolute Gasteiger partial charge is 0.252 e. The van der Waals surface area contributed by atoms with Crippen molar-refractivity contribution in [2.75, 3.05) is 20.1 Å². The second-order valence-corrected chi connectivity index (χ2v) is 7.06. The van der Waals surface area contributed by atoms with Crippen molar-refractivity contribution in [3.8, 4) is 0 Å². The zero-order valence-electron chi connectivity index (χ0n) is 8.53. The molecule has 2 N–H and O–H groups in total. The van der Waals surface area contributed by atoms with Crippen LogP contribution in [0.15, 0.2) is 10.3 Å². The third-order valence-electron chi connectivity index (χ3n) is 1.94. The lowest BCUT2D eigenvalue weighted by Gasteiger charge is -2.14. The molecule has 0 aliphatic carbocycles. The molecule has 0 saturated heterocycles. The molecule has 0 aliphatic rings. The van der Waals surface area contributed by atoms with Crippen molar-refractivity contribution in [3.63, 3.8) is 0 Å². The SMILES string of the molecule is Cc1cc(S(=O)(=O)N(C)CCN)sc1Cl. The van der Waals surface area contributed by atoms with Gasteiger partial charge in [-0.05, 0) is 18.6 Å². The normalized spacial score (nSPS) is 12.3. The lowest BCUT2D eigenvalue weighted by atomic mass is 10.4. The van der Waals surface area contributed by atoms with E-state index in [0.717, 1.165) is 16.9 Å². The summed E-state index contributed by atoms with van der Waals surface area (Å²) in [5.41, 5.74) is 6.09. The zero-order chi connectivity index (χ0) is 11.6. The van der Waals surface area contributed by atoms with E-state index >= 15 is 0 Å². The van der Waals surface area contributed by atoms with E-state index in [1.54, 1.807) is 13.0 Å². The summed E-state index contributed by atoms with van der Waals surface area (Å²) in [6, 6.07) is 1.58. The molecule has 0 saturated carbocycles. The summed E-state index contributed by atoms with van der Waals surface area (Å²) in [7, 11) is -1.91. The van der Waals surface area contributed by atoms with E-state index in [1.807, 2.05) is 0 Å². The molecule has 4 nitrogen and oxygen atoms in total. The number of sulfonamides is 1. The van der Waals surface area contributed by atoms with E-state index in [1.165, 1.54) is 11.4 Å². The molecule has 15 heavy (non-hydrogen) atoms. The molecule has 0 unspecified atom stereocenters. The van der Waals surface area contributed by atoms with E-state index in [9.17, 15) is 8.42 Å². The molecule has 0 aliphatic heterocycles. The summed E-state index contributed by atoms with van der Waals surface area (Å²) in [5.74, 6) is 0. The first kappa shape index (κ1) is 12.9. The van der Waals surface area contributed by atoms with Crippen molar-refractivity contribution in [3.05, 3.63) is 16.0 Å². The minimum Gasteiger partial charge on any atom is -0.329 e. The van der Waals surface area contributed by atoms with Gasteiger partial charge in [-0.3, -0.25) is 0 Å². The molecular weight excluding hydrogens is 256 g/mol. The Labute approximate surface area is 98.7 Å². The number of halogens is 1. The van der Waals surface area contributed by atoms with Crippen LogP contribution in [-0.4, -0.2) is 32.9 Å². The van der Waals surface area contributed by atoms with E-state index in [2.05, 4.69) is 0 Å². The van der Waals surface area contributed by atoms with Gasteiger partial charge in [0, 0.05) is 20.1 Å². The molecule has 0 radical (unpaired) electrons. The Morgan fingerprint density at radius 1 is 1.60 bits per heavy atom. The summed E-state index contributed by atoms with van der Waals surface area (Å²) in [4.78, 5) is 0. The Morgan fingerprint density at radius 2 is 2.20 bits per heavy atom. The van der Waals surface area contributed by atoms with Crippen LogP contribution < -0.4 is 5.73 Å². The number of hydrogen-bond acceptors (Lipinski definition) is 4. The first-order chi connectivity index (χ1) is 6.89. The van der Waals surface area contributed by atoms with Crippen molar-refractivity contribution in [1.29, 1.82) is 0 Å². The maximum absolute atomic E-state index is 11.9. The van der Waals surface area contributed by atoms with Crippen LogP contribution in [0.1, 0.15) is 5.56 Å². The molecule has 0 bridgehead atoms. The molecule has 0 aromatic carbocycles. The third kappa shape index (κ3) is 2.70. The fourth-order valence-corrected chi connectivity index (χ4v) is 4.12. The lowest BCUT2D eigenvalue weighted by molar-refractivity contribution is 0.478. The van der Waals surface area contributed by atoms with E-state index in [-0.39, 0.29) is 4.21 Å². The topological polar surface area (TPSA) is 63.4 Å². The number of hydrogen-bond donors (Lipinski definition) is 1. The average molecular weight is 269 g/mol. The third-order valence-corrected chi connectivity index (χ3v) is 5.80. The first-order valence-corrected chi connectivity index (χ1v) is 6.95. The predicted octanol–water partition coefficient (Wildman–Crippen LogP) is 1.29. The van der Waals surface area contributed by atoms with Gasteiger partial charge in [0.15, 0.2) is 0 Å². The van der Waals surface area contributed by atoms with Crippen molar-refractivity contribution >= 4 is 33.0 Å². The van der Waals surface area contributed by atoms with Crippen LogP contribution in [0.3, 0.4) is 0 Å². The Bertz CT molecular complexity index is 422. The summed E-state index contributed by atoms with van der Waals surface area (Å²) in [6.45, 7) is 2.38. The summed E-state index contributed by atoms with van der Waals surface area (Å²) >= 11 is 6.90. The van der Waals surface area contributed by atoms with Crippen LogP contribution in [0, 0.1) is 6.92 Å². The summed E-state index contributed by atoms with van der Waals surface area (Å²) in [5, 5.41) is 0. The van der Waals surface area contributed by atoms with Gasteiger partial charge in [0.1, 0.15) is 4.21 Å². The van der Waals surface area contributed by atoms with Gasteiger partial charge in [-0.15, -0.1) is 11.3 Å². The van der Waals surface area contributed by atoms with Crippen molar-refractivity contribution < 1.29 is 8.42 Å². The first-order valence-electron chi connectivity index (χ1n) is 4.32. The second kappa shape index (κ2) is 4.80. The molecule has 7 heteroatoms. The number of nitrogens with zero attached hydrogens (tertiary/aromatic N) is 1. The highest BCUT2D eigenvalue weighted by atomic mass is 35.5. The number of nitrogens with two attached hydrogens (primary N) is 1. The van der Waals surface area contributed by atoms with Gasteiger partial charge in [-0.25, -0.2) is 8.42 Å². The highest BCUT2D eigenvalue weighted by Crippen LogP contribution is 2.31. The van der Waals surface area contributed by atoms with Gasteiger partial charge in [-0.1, -0.05) is 11.6 Å². The number of likely N-dealkylation sites (N-methyl/N-ethyl adjacent to an activating group) is 1. The Hall–Kier alpha value is -0.140. The summed E-state index contributed by atoms with van der Waals surface area (Å²) < 4.78 is 25.8. The van der Waals surface area contributed by atoms with Gasteiger partial charge < -0.3 is 5.73 Å². The van der Waals surface area contributed by atoms with Crippen LogP contribution in [-0.2, 0) is 10.0 Å². The molecule has 0 spiro atoms. The van der Waals surface area contributed by atoms with Crippen molar-refractivity contribution in [2.45, 2.75) is 11.1 Å². The minimum atomic E-state index is -3.42. The molecule has 1 aromatic rings. The maximum atomic E-state index is 11.9. The van der Waals surface area contributed by atoms with Gasteiger partial charge >= 0.3 is 0 Å². The Balaban J connectivity index is 3.06. The largest absolute Gasteiger partial charge is 0.329 e. The Kier molecular flexibility index (Phi) is 4.13. The van der Waals surface area contributed by atoms with Crippen LogP contribution in [0.5, 0.6) is 0 Å². The van der Waals surface area contributed by atoms with E-state index < -0.39 is 10.0 Å². The quantitative estimate of drug-likeness (QED) is 0.895. The molecule has 1 rings (SSSR count). The number of rotatable bonds is 4. The molecule has 86 valence electrons.